The highest BCUT2D eigenvalue weighted by molar-refractivity contribution is 6.40. The lowest BCUT2D eigenvalue weighted by atomic mass is 10.0. The van der Waals surface area contributed by atoms with E-state index in [2.05, 4.69) is 10.5 Å². The SMILES string of the molecule is C[N+]1(NC(=O)C2=NN(c3ccc(Cl)cc3Cl)C(c3ccc(F)cc3)C2)CCCC1. The molecule has 1 fully saturated rings. The number of rotatable bonds is 4. The third-order valence-electron chi connectivity index (χ3n) is 5.51. The van der Waals surface area contributed by atoms with Gasteiger partial charge in [-0.3, -0.25) is 9.80 Å². The Bertz CT molecular complexity index is 958. The fraction of sp³-hybridized carbons (Fsp3) is 0.333. The van der Waals surface area contributed by atoms with E-state index in [1.807, 2.05) is 7.05 Å². The molecule has 0 aliphatic carbocycles. The number of nitrogens with one attached hydrogen (secondary N) is 1. The van der Waals surface area contributed by atoms with Gasteiger partial charge in [-0.15, -0.1) is 0 Å². The zero-order valence-electron chi connectivity index (χ0n) is 16.0. The highest BCUT2D eigenvalue weighted by atomic mass is 35.5. The molecule has 2 aromatic carbocycles. The molecule has 2 aliphatic heterocycles. The fourth-order valence-electron chi connectivity index (χ4n) is 3.94. The first-order chi connectivity index (χ1) is 13.8. The maximum absolute atomic E-state index is 13.4. The summed E-state index contributed by atoms with van der Waals surface area (Å²) >= 11 is 12.5. The predicted molar refractivity (Wildman–Crippen MR) is 113 cm³/mol. The predicted octanol–water partition coefficient (Wildman–Crippen LogP) is 4.71. The van der Waals surface area contributed by atoms with Crippen molar-refractivity contribution in [2.75, 3.05) is 25.1 Å². The second kappa shape index (κ2) is 7.94. The van der Waals surface area contributed by atoms with E-state index in [0.29, 0.717) is 32.5 Å². The number of carbonyl (C=O) groups excluding carboxylic acids is 1. The quantitative estimate of drug-likeness (QED) is 0.706. The lowest BCUT2D eigenvalue weighted by Crippen LogP contribution is -2.56. The molecule has 8 heteroatoms. The number of halogens is 3. The number of anilines is 1. The molecule has 5 nitrogen and oxygen atoms in total. The van der Waals surface area contributed by atoms with Gasteiger partial charge in [0.05, 0.1) is 23.8 Å². The standard InChI is InChI=1S/C21H21Cl2FN4O/c1-28(10-2-3-11-28)26-21(29)18-13-20(14-4-7-16(24)8-5-14)27(25-18)19-9-6-15(22)12-17(19)23/h4-9,12,20H,2-3,10-11,13H2,1H3/p+1. The highest BCUT2D eigenvalue weighted by Gasteiger charge is 2.37. The molecule has 0 saturated carbocycles. The van der Waals surface area contributed by atoms with Crippen LogP contribution in [0.5, 0.6) is 0 Å². The van der Waals surface area contributed by atoms with Crippen molar-refractivity contribution in [2.24, 2.45) is 5.10 Å². The van der Waals surface area contributed by atoms with Gasteiger partial charge in [0.15, 0.2) is 0 Å². The van der Waals surface area contributed by atoms with E-state index in [1.54, 1.807) is 35.3 Å². The van der Waals surface area contributed by atoms with Crippen LogP contribution in [-0.2, 0) is 4.79 Å². The number of carbonyl (C=O) groups is 1. The summed E-state index contributed by atoms with van der Waals surface area (Å²) in [4.78, 5) is 13.0. The van der Waals surface area contributed by atoms with Crippen LogP contribution in [0.1, 0.15) is 30.9 Å². The third kappa shape index (κ3) is 4.25. The summed E-state index contributed by atoms with van der Waals surface area (Å²) in [5.41, 5.74) is 5.03. The van der Waals surface area contributed by atoms with Crippen molar-refractivity contribution in [2.45, 2.75) is 25.3 Å². The van der Waals surface area contributed by atoms with Crippen LogP contribution in [0.15, 0.2) is 47.6 Å². The highest BCUT2D eigenvalue weighted by Crippen LogP contribution is 2.39. The molecule has 2 aliphatic rings. The van der Waals surface area contributed by atoms with Crippen LogP contribution >= 0.6 is 23.2 Å². The van der Waals surface area contributed by atoms with Gasteiger partial charge in [0, 0.05) is 24.3 Å². The number of hydrogen-bond donors (Lipinski definition) is 1. The maximum Gasteiger partial charge on any atom is 0.312 e. The molecule has 1 unspecified atom stereocenters. The van der Waals surface area contributed by atoms with Crippen LogP contribution in [0.2, 0.25) is 10.0 Å². The number of nitrogens with zero attached hydrogens (tertiary/aromatic N) is 3. The second-order valence-electron chi connectivity index (χ2n) is 7.75. The molecule has 29 heavy (non-hydrogen) atoms. The summed E-state index contributed by atoms with van der Waals surface area (Å²) in [6.45, 7) is 1.82. The summed E-state index contributed by atoms with van der Waals surface area (Å²) < 4.78 is 13.9. The molecule has 0 aromatic heterocycles. The largest absolute Gasteiger partial charge is 0.312 e. The molecule has 1 saturated heterocycles. The van der Waals surface area contributed by atoms with Crippen molar-refractivity contribution in [3.8, 4) is 0 Å². The zero-order valence-corrected chi connectivity index (χ0v) is 17.5. The number of benzene rings is 2. The zero-order chi connectivity index (χ0) is 20.6. The molecule has 152 valence electrons. The molecule has 0 radical (unpaired) electrons. The minimum absolute atomic E-state index is 0.186. The van der Waals surface area contributed by atoms with E-state index in [9.17, 15) is 9.18 Å². The van der Waals surface area contributed by atoms with E-state index in [0.717, 1.165) is 31.5 Å². The van der Waals surface area contributed by atoms with Gasteiger partial charge < -0.3 is 0 Å². The Morgan fingerprint density at radius 1 is 1.17 bits per heavy atom. The Morgan fingerprint density at radius 2 is 1.86 bits per heavy atom. The Kier molecular flexibility index (Phi) is 5.51. The maximum atomic E-state index is 13.4. The van der Waals surface area contributed by atoms with Gasteiger partial charge in [-0.25, -0.2) is 8.98 Å². The van der Waals surface area contributed by atoms with Crippen LogP contribution in [-0.4, -0.2) is 36.3 Å². The summed E-state index contributed by atoms with van der Waals surface area (Å²) in [5, 5.41) is 7.29. The van der Waals surface area contributed by atoms with Gasteiger partial charge in [0.1, 0.15) is 24.6 Å². The first kappa shape index (κ1) is 20.1. The second-order valence-corrected chi connectivity index (χ2v) is 8.59. The Hall–Kier alpha value is -2.15. The van der Waals surface area contributed by atoms with Crippen molar-refractivity contribution in [1.29, 1.82) is 0 Å². The minimum Gasteiger partial charge on any atom is -0.263 e. The van der Waals surface area contributed by atoms with Gasteiger partial charge in [0.2, 0.25) is 0 Å². The van der Waals surface area contributed by atoms with Crippen molar-refractivity contribution >= 4 is 40.5 Å². The number of likely N-dealkylation sites (tertiary alicyclic amines) is 1. The molecular weight excluding hydrogens is 414 g/mol. The van der Waals surface area contributed by atoms with E-state index in [-0.39, 0.29) is 17.8 Å². The average molecular weight is 436 g/mol. The molecule has 1 atom stereocenters. The summed E-state index contributed by atoms with van der Waals surface area (Å²) in [7, 11) is 2.02. The van der Waals surface area contributed by atoms with Crippen molar-refractivity contribution < 1.29 is 13.8 Å². The molecule has 4 rings (SSSR count). The topological polar surface area (TPSA) is 44.7 Å². The van der Waals surface area contributed by atoms with Crippen LogP contribution in [0, 0.1) is 5.82 Å². The van der Waals surface area contributed by atoms with Crippen LogP contribution < -0.4 is 10.4 Å². The normalized spacial score (nSPS) is 20.6. The van der Waals surface area contributed by atoms with Crippen molar-refractivity contribution in [3.63, 3.8) is 0 Å². The third-order valence-corrected chi connectivity index (χ3v) is 6.05. The van der Waals surface area contributed by atoms with Gasteiger partial charge in [-0.05, 0) is 35.9 Å². The van der Waals surface area contributed by atoms with Gasteiger partial charge in [0.25, 0.3) is 0 Å². The first-order valence-corrected chi connectivity index (χ1v) is 10.3. The first-order valence-electron chi connectivity index (χ1n) is 9.59. The average Bonchev–Trinajstić information content (AvgIpc) is 3.29. The molecule has 2 aromatic rings. The van der Waals surface area contributed by atoms with Gasteiger partial charge in [-0.2, -0.15) is 10.5 Å². The van der Waals surface area contributed by atoms with Gasteiger partial charge >= 0.3 is 5.91 Å². The monoisotopic (exact) mass is 435 g/mol. The summed E-state index contributed by atoms with van der Waals surface area (Å²) in [5.74, 6) is -0.498. The Morgan fingerprint density at radius 3 is 2.52 bits per heavy atom. The molecule has 1 amide bonds. The van der Waals surface area contributed by atoms with Crippen LogP contribution in [0.3, 0.4) is 0 Å². The molecule has 0 bridgehead atoms. The molecule has 0 spiro atoms. The van der Waals surface area contributed by atoms with E-state index < -0.39 is 0 Å². The Balaban J connectivity index is 1.66. The molecule has 1 N–H and O–H groups in total. The van der Waals surface area contributed by atoms with E-state index in [1.165, 1.54) is 12.1 Å². The number of hydrogen-bond acceptors (Lipinski definition) is 3. The van der Waals surface area contributed by atoms with Crippen LogP contribution in [0.4, 0.5) is 10.1 Å². The lowest BCUT2D eigenvalue weighted by Gasteiger charge is -2.28. The molecule has 2 heterocycles. The van der Waals surface area contributed by atoms with Crippen molar-refractivity contribution in [3.05, 3.63) is 63.9 Å². The van der Waals surface area contributed by atoms with E-state index in [4.69, 9.17) is 23.2 Å². The smallest absolute Gasteiger partial charge is 0.263 e. The minimum atomic E-state index is -0.312. The van der Waals surface area contributed by atoms with E-state index >= 15 is 0 Å². The van der Waals surface area contributed by atoms with Crippen molar-refractivity contribution in [1.82, 2.24) is 5.43 Å². The fourth-order valence-corrected chi connectivity index (χ4v) is 4.43. The van der Waals surface area contributed by atoms with Gasteiger partial charge in [-0.1, -0.05) is 35.3 Å². The number of quaternary nitrogens is 1. The Labute approximate surface area is 179 Å². The molecular formula is C21H22Cl2FN4O+. The number of amides is 1. The summed E-state index contributed by atoms with van der Waals surface area (Å²) in [6.07, 6.45) is 2.58. The lowest BCUT2D eigenvalue weighted by molar-refractivity contribution is -0.931. The summed E-state index contributed by atoms with van der Waals surface area (Å²) in [6, 6.07) is 11.1. The van der Waals surface area contributed by atoms with Crippen LogP contribution in [0.25, 0.3) is 0 Å². The number of hydrazone groups is 1.